The minimum Gasteiger partial charge on any atom is -0.415 e. The number of benzene rings is 1. The Morgan fingerprint density at radius 3 is 2.44 bits per heavy atom. The average molecular weight is 272 g/mol. The molecule has 5 heteroatoms. The van der Waals surface area contributed by atoms with E-state index >= 15 is 0 Å². The fraction of sp³-hybridized carbons (Fsp3) is 0.182. The van der Waals surface area contributed by atoms with Crippen LogP contribution in [0.15, 0.2) is 24.3 Å². The summed E-state index contributed by atoms with van der Waals surface area (Å²) in [6.07, 6.45) is 0. The third-order valence-corrected chi connectivity index (χ3v) is 4.02. The zero-order chi connectivity index (χ0) is 11.7. The van der Waals surface area contributed by atoms with Gasteiger partial charge in [0.2, 0.25) is 0 Å². The zero-order valence-corrected chi connectivity index (χ0v) is 11.2. The predicted molar refractivity (Wildman–Crippen MR) is 70.8 cm³/mol. The van der Waals surface area contributed by atoms with E-state index in [1.54, 1.807) is 11.8 Å². The van der Waals surface area contributed by atoms with Crippen LogP contribution in [0, 0.1) is 10.9 Å². The van der Waals surface area contributed by atoms with Crippen LogP contribution < -0.4 is 4.84 Å². The highest BCUT2D eigenvalue weighted by Gasteiger charge is 2.10. The summed E-state index contributed by atoms with van der Waals surface area (Å²) in [6, 6.07) is 7.71. The van der Waals surface area contributed by atoms with Crippen LogP contribution in [0.3, 0.4) is 0 Å². The maximum atomic E-state index is 5.86. The molecule has 1 aromatic carbocycles. The van der Waals surface area contributed by atoms with Gasteiger partial charge in [-0.05, 0) is 36.8 Å². The fourth-order valence-electron chi connectivity index (χ4n) is 1.51. The van der Waals surface area contributed by atoms with Crippen molar-refractivity contribution in [1.82, 2.24) is 4.73 Å². The SMILES string of the molecule is COn1c(C)c(-c2ccc(Cl)cc2)sc1=S. The molecule has 0 atom stereocenters. The van der Waals surface area contributed by atoms with Crippen molar-refractivity contribution >= 4 is 35.2 Å². The van der Waals surface area contributed by atoms with Gasteiger partial charge in [0.15, 0.2) is 3.95 Å². The summed E-state index contributed by atoms with van der Waals surface area (Å²) in [5, 5.41) is 0.733. The number of aromatic nitrogens is 1. The van der Waals surface area contributed by atoms with E-state index in [2.05, 4.69) is 0 Å². The van der Waals surface area contributed by atoms with Crippen LogP contribution in [0.5, 0.6) is 0 Å². The normalized spacial score (nSPS) is 10.4. The Morgan fingerprint density at radius 2 is 1.94 bits per heavy atom. The summed E-state index contributed by atoms with van der Waals surface area (Å²) in [5.41, 5.74) is 2.12. The van der Waals surface area contributed by atoms with E-state index in [0.29, 0.717) is 3.95 Å². The molecule has 0 unspecified atom stereocenters. The van der Waals surface area contributed by atoms with Crippen LogP contribution in [0.25, 0.3) is 10.4 Å². The molecule has 0 aliphatic heterocycles. The van der Waals surface area contributed by atoms with Gasteiger partial charge in [0.05, 0.1) is 10.6 Å². The quantitative estimate of drug-likeness (QED) is 0.768. The standard InChI is InChI=1S/C11H10ClNOS2/c1-7-10(16-11(15)13(7)14-2)8-3-5-9(12)6-4-8/h3-6H,1-2H3. The van der Waals surface area contributed by atoms with E-state index in [-0.39, 0.29) is 0 Å². The molecule has 0 fully saturated rings. The van der Waals surface area contributed by atoms with Gasteiger partial charge in [-0.1, -0.05) is 23.7 Å². The molecule has 84 valence electrons. The molecule has 1 heterocycles. The van der Waals surface area contributed by atoms with Crippen molar-refractivity contribution in [1.29, 1.82) is 0 Å². The molecule has 0 saturated heterocycles. The van der Waals surface area contributed by atoms with Crippen LogP contribution >= 0.6 is 35.2 Å². The van der Waals surface area contributed by atoms with Crippen LogP contribution in [0.1, 0.15) is 5.69 Å². The lowest BCUT2D eigenvalue weighted by Gasteiger charge is -2.03. The van der Waals surface area contributed by atoms with Crippen molar-refractivity contribution in [3.63, 3.8) is 0 Å². The summed E-state index contributed by atoms with van der Waals surface area (Å²) in [4.78, 5) is 6.31. The molecule has 0 aliphatic carbocycles. The summed E-state index contributed by atoms with van der Waals surface area (Å²) < 4.78 is 2.37. The van der Waals surface area contributed by atoms with Crippen LogP contribution in [-0.4, -0.2) is 11.8 Å². The first-order valence-corrected chi connectivity index (χ1v) is 6.26. The lowest BCUT2D eigenvalue weighted by molar-refractivity contribution is 0.161. The van der Waals surface area contributed by atoms with Crippen molar-refractivity contribution in [3.05, 3.63) is 38.9 Å². The molecule has 0 bridgehead atoms. The molecular formula is C11H10ClNOS2. The molecule has 1 aromatic heterocycles. The van der Waals surface area contributed by atoms with Gasteiger partial charge in [-0.25, -0.2) is 0 Å². The number of nitrogens with zero attached hydrogens (tertiary/aromatic N) is 1. The third-order valence-electron chi connectivity index (χ3n) is 2.28. The average Bonchev–Trinajstić information content (AvgIpc) is 2.55. The van der Waals surface area contributed by atoms with Gasteiger partial charge in [0, 0.05) is 5.02 Å². The van der Waals surface area contributed by atoms with Crippen LogP contribution in [0.4, 0.5) is 0 Å². The summed E-state index contributed by atoms with van der Waals surface area (Å²) in [7, 11) is 1.61. The van der Waals surface area contributed by atoms with Gasteiger partial charge in [0.1, 0.15) is 7.11 Å². The number of halogens is 1. The Balaban J connectivity index is 2.56. The summed E-state index contributed by atoms with van der Waals surface area (Å²) in [5.74, 6) is 0. The molecule has 16 heavy (non-hydrogen) atoms. The number of hydrogen-bond acceptors (Lipinski definition) is 3. The zero-order valence-electron chi connectivity index (χ0n) is 8.86. The second kappa shape index (κ2) is 4.57. The Kier molecular flexibility index (Phi) is 3.33. The molecule has 0 aliphatic rings. The minimum absolute atomic E-state index is 0.713. The molecule has 0 spiro atoms. The van der Waals surface area contributed by atoms with Gasteiger partial charge in [-0.3, -0.25) is 0 Å². The lowest BCUT2D eigenvalue weighted by Crippen LogP contribution is -2.06. The van der Waals surface area contributed by atoms with Crippen molar-refractivity contribution < 1.29 is 4.84 Å². The highest BCUT2D eigenvalue weighted by molar-refractivity contribution is 7.73. The third kappa shape index (κ3) is 2.00. The van der Waals surface area contributed by atoms with Crippen molar-refractivity contribution in [2.24, 2.45) is 0 Å². The second-order valence-corrected chi connectivity index (χ2v) is 5.35. The van der Waals surface area contributed by atoms with E-state index in [9.17, 15) is 0 Å². The van der Waals surface area contributed by atoms with Crippen molar-refractivity contribution in [3.8, 4) is 10.4 Å². The van der Waals surface area contributed by atoms with Gasteiger partial charge in [-0.2, -0.15) is 4.73 Å². The van der Waals surface area contributed by atoms with Gasteiger partial charge in [0.25, 0.3) is 0 Å². The monoisotopic (exact) mass is 271 g/mol. The molecule has 0 saturated carbocycles. The molecule has 0 amide bonds. The van der Waals surface area contributed by atoms with E-state index in [1.807, 2.05) is 31.2 Å². The van der Waals surface area contributed by atoms with E-state index in [0.717, 1.165) is 21.2 Å². The van der Waals surface area contributed by atoms with Gasteiger partial charge < -0.3 is 4.84 Å². The summed E-state index contributed by atoms with van der Waals surface area (Å²) >= 11 is 12.6. The summed E-state index contributed by atoms with van der Waals surface area (Å²) in [6.45, 7) is 1.99. The predicted octanol–water partition coefficient (Wildman–Crippen LogP) is 3.97. The maximum absolute atomic E-state index is 5.86. The van der Waals surface area contributed by atoms with Crippen molar-refractivity contribution in [2.45, 2.75) is 6.92 Å². The Labute approximate surface area is 108 Å². The smallest absolute Gasteiger partial charge is 0.197 e. The Bertz CT molecular complexity index is 556. The minimum atomic E-state index is 0.713. The molecule has 2 aromatic rings. The molecule has 2 rings (SSSR count). The van der Waals surface area contributed by atoms with Crippen LogP contribution in [0.2, 0.25) is 5.02 Å². The fourth-order valence-corrected chi connectivity index (χ4v) is 3.05. The highest BCUT2D eigenvalue weighted by atomic mass is 35.5. The second-order valence-electron chi connectivity index (χ2n) is 3.27. The van der Waals surface area contributed by atoms with Gasteiger partial charge >= 0.3 is 0 Å². The van der Waals surface area contributed by atoms with Crippen LogP contribution in [-0.2, 0) is 0 Å². The largest absolute Gasteiger partial charge is 0.415 e. The first kappa shape index (κ1) is 11.6. The maximum Gasteiger partial charge on any atom is 0.197 e. The van der Waals surface area contributed by atoms with Crippen molar-refractivity contribution in [2.75, 3.05) is 7.11 Å². The Morgan fingerprint density at radius 1 is 1.31 bits per heavy atom. The molecular weight excluding hydrogens is 262 g/mol. The number of rotatable bonds is 2. The Hall–Kier alpha value is -0.840. The number of thiazole rings is 1. The first-order chi connectivity index (χ1) is 7.63. The number of hydrogen-bond donors (Lipinski definition) is 0. The topological polar surface area (TPSA) is 14.2 Å². The van der Waals surface area contributed by atoms with E-state index in [4.69, 9.17) is 28.7 Å². The molecule has 2 nitrogen and oxygen atoms in total. The van der Waals surface area contributed by atoms with Gasteiger partial charge in [-0.15, -0.1) is 11.3 Å². The molecule has 0 radical (unpaired) electrons. The van der Waals surface area contributed by atoms with E-state index < -0.39 is 0 Å². The van der Waals surface area contributed by atoms with E-state index in [1.165, 1.54) is 11.3 Å². The molecule has 0 N–H and O–H groups in total. The highest BCUT2D eigenvalue weighted by Crippen LogP contribution is 2.30. The lowest BCUT2D eigenvalue weighted by atomic mass is 10.2. The first-order valence-electron chi connectivity index (χ1n) is 4.66.